The molecule has 4 bridgehead atoms. The van der Waals surface area contributed by atoms with Crippen LogP contribution in [0.15, 0.2) is 24.3 Å². The van der Waals surface area contributed by atoms with Gasteiger partial charge in [0, 0.05) is 17.8 Å². The van der Waals surface area contributed by atoms with Crippen LogP contribution in [0.1, 0.15) is 56.3 Å². The molecule has 32 heavy (non-hydrogen) atoms. The van der Waals surface area contributed by atoms with Crippen LogP contribution in [0.5, 0.6) is 11.5 Å². The van der Waals surface area contributed by atoms with Gasteiger partial charge in [0.05, 0.1) is 11.7 Å². The van der Waals surface area contributed by atoms with Gasteiger partial charge in [-0.1, -0.05) is 13.0 Å². The first kappa shape index (κ1) is 21.0. The molecule has 2 heterocycles. The fourth-order valence-electron chi connectivity index (χ4n) is 7.09. The van der Waals surface area contributed by atoms with Crippen LogP contribution in [0.3, 0.4) is 0 Å². The third kappa shape index (κ3) is 2.75. The van der Waals surface area contributed by atoms with Gasteiger partial charge in [-0.3, -0.25) is 9.59 Å². The summed E-state index contributed by atoms with van der Waals surface area (Å²) in [5.74, 6) is -2.55. The molecule has 8 nitrogen and oxygen atoms in total. The Labute approximate surface area is 185 Å². The lowest BCUT2D eigenvalue weighted by atomic mass is 9.51. The van der Waals surface area contributed by atoms with Crippen LogP contribution in [0, 0.1) is 22.7 Å². The van der Waals surface area contributed by atoms with Gasteiger partial charge >= 0.3 is 5.97 Å². The van der Waals surface area contributed by atoms with E-state index in [-0.39, 0.29) is 47.4 Å². The molecule has 4 fully saturated rings. The Morgan fingerprint density at radius 2 is 2.00 bits per heavy atom. The van der Waals surface area contributed by atoms with Crippen molar-refractivity contribution in [3.63, 3.8) is 0 Å². The fraction of sp³-hybridized carbons (Fsp3) is 0.542. The molecule has 6 atom stereocenters. The zero-order chi connectivity index (χ0) is 23.1. The van der Waals surface area contributed by atoms with Crippen molar-refractivity contribution in [2.24, 2.45) is 22.7 Å². The summed E-state index contributed by atoms with van der Waals surface area (Å²) in [5, 5.41) is 31.7. The van der Waals surface area contributed by atoms with Crippen molar-refractivity contribution in [3.05, 3.63) is 29.8 Å². The van der Waals surface area contributed by atoms with Crippen molar-refractivity contribution in [2.45, 2.75) is 57.7 Å². The number of anilines is 1. The summed E-state index contributed by atoms with van der Waals surface area (Å²) in [4.78, 5) is 37.0. The number of carbonyl (C=O) groups excluding carboxylic acids is 2. The molecule has 0 radical (unpaired) electrons. The van der Waals surface area contributed by atoms with Crippen molar-refractivity contribution < 1.29 is 34.4 Å². The number of benzene rings is 1. The van der Waals surface area contributed by atoms with E-state index in [0.717, 1.165) is 31.4 Å². The van der Waals surface area contributed by atoms with Crippen molar-refractivity contribution >= 4 is 23.3 Å². The quantitative estimate of drug-likeness (QED) is 0.516. The van der Waals surface area contributed by atoms with Crippen LogP contribution < -0.4 is 5.32 Å². The number of hydrogen-bond donors (Lipinski definition) is 4. The number of carbonyl (C=O) groups is 3. The second-order valence-electron chi connectivity index (χ2n) is 10.3. The molecule has 1 aromatic rings. The third-order valence-electron chi connectivity index (χ3n) is 8.44. The van der Waals surface area contributed by atoms with Gasteiger partial charge in [0.1, 0.15) is 17.0 Å². The van der Waals surface area contributed by atoms with E-state index in [2.05, 4.69) is 18.3 Å². The minimum Gasteiger partial charge on any atom is -0.506 e. The molecule has 5 aliphatic rings. The highest BCUT2D eigenvalue weighted by molar-refractivity contribution is 6.00. The highest BCUT2D eigenvalue weighted by atomic mass is 16.5. The Hall–Kier alpha value is -2.87. The van der Waals surface area contributed by atoms with E-state index < -0.39 is 34.4 Å². The van der Waals surface area contributed by atoms with Gasteiger partial charge in [0.25, 0.3) is 0 Å². The number of rotatable bonds is 5. The van der Waals surface area contributed by atoms with Crippen molar-refractivity contribution in [1.29, 1.82) is 0 Å². The van der Waals surface area contributed by atoms with Crippen LogP contribution in [-0.4, -0.2) is 44.7 Å². The number of phenols is 2. The van der Waals surface area contributed by atoms with E-state index in [4.69, 9.17) is 9.84 Å². The van der Waals surface area contributed by atoms with Crippen LogP contribution >= 0.6 is 0 Å². The summed E-state index contributed by atoms with van der Waals surface area (Å²) in [7, 11) is 0. The van der Waals surface area contributed by atoms with Crippen molar-refractivity contribution in [3.8, 4) is 11.5 Å². The number of ketones is 1. The van der Waals surface area contributed by atoms with E-state index in [0.29, 0.717) is 5.92 Å². The maximum Gasteiger partial charge on any atom is 0.339 e. The largest absolute Gasteiger partial charge is 0.506 e. The first-order chi connectivity index (χ1) is 15.0. The first-order valence-electron chi connectivity index (χ1n) is 11.0. The topological polar surface area (TPSA) is 133 Å². The van der Waals surface area contributed by atoms with Crippen molar-refractivity contribution in [2.75, 3.05) is 5.32 Å². The van der Waals surface area contributed by atoms with Crippen LogP contribution in [-0.2, 0) is 14.3 Å². The SMILES string of the molecule is CC12C[C@@]34C=CC(=O)[C@@](C)(CCC(=O)Nc5c(O)ccc(C(=O)O)c5O)C3[C@H](C[C@H]1C4)O2. The summed E-state index contributed by atoms with van der Waals surface area (Å²) in [5.41, 5.74) is -1.75. The monoisotopic (exact) mass is 441 g/mol. The predicted octanol–water partition coefficient (Wildman–Crippen LogP) is 3.23. The van der Waals surface area contributed by atoms with Crippen molar-refractivity contribution in [1.82, 2.24) is 0 Å². The smallest absolute Gasteiger partial charge is 0.339 e. The normalized spacial score (nSPS) is 38.7. The molecule has 3 aliphatic carbocycles. The second kappa shape index (κ2) is 6.57. The number of aromatic carboxylic acids is 1. The summed E-state index contributed by atoms with van der Waals surface area (Å²) in [6, 6.07) is 2.16. The number of allylic oxidation sites excluding steroid dienone is 2. The van der Waals surface area contributed by atoms with E-state index in [9.17, 15) is 24.6 Å². The number of phenolic OH excluding ortho intramolecular Hbond substituents is 1. The summed E-state index contributed by atoms with van der Waals surface area (Å²) in [6.07, 6.45) is 6.86. The van der Waals surface area contributed by atoms with Crippen LogP contribution in [0.25, 0.3) is 0 Å². The summed E-state index contributed by atoms with van der Waals surface area (Å²) in [6.45, 7) is 4.08. The lowest BCUT2D eigenvalue weighted by Gasteiger charge is -2.55. The first-order valence-corrected chi connectivity index (χ1v) is 11.0. The molecule has 1 amide bonds. The number of carboxylic acids is 1. The molecule has 0 aromatic heterocycles. The van der Waals surface area contributed by atoms with Gasteiger partial charge in [-0.2, -0.15) is 0 Å². The summed E-state index contributed by atoms with van der Waals surface area (Å²) < 4.78 is 6.41. The average molecular weight is 441 g/mol. The molecule has 1 spiro atoms. The minimum absolute atomic E-state index is 0.00395. The van der Waals surface area contributed by atoms with Gasteiger partial charge in [0.15, 0.2) is 11.5 Å². The van der Waals surface area contributed by atoms with Crippen LogP contribution in [0.2, 0.25) is 0 Å². The average Bonchev–Trinajstić information content (AvgIpc) is 3.08. The Balaban J connectivity index is 1.36. The molecular formula is C24H27NO7. The zero-order valence-corrected chi connectivity index (χ0v) is 18.1. The molecule has 2 aliphatic heterocycles. The minimum atomic E-state index is -1.38. The molecule has 1 aromatic carbocycles. The standard InChI is InChI=1S/C24H27NO7/c1-22(7-6-17(28)25-18-14(26)4-3-13(19(18)29)21(30)31)16(27)5-8-24-10-12-9-15(20(22)24)32-23(12,2)11-24/h3-5,8,12,15,20,26,29H,6-7,9-11H2,1-2H3,(H,25,28)(H,30,31)/t12-,15-,20?,22+,23?,24-/m0/s1. The molecule has 2 unspecified atom stereocenters. The number of hydrogen-bond acceptors (Lipinski definition) is 6. The molecule has 8 heteroatoms. The molecule has 2 saturated heterocycles. The highest BCUT2D eigenvalue weighted by Crippen LogP contribution is 2.71. The number of amides is 1. The maximum absolute atomic E-state index is 13.1. The van der Waals surface area contributed by atoms with Gasteiger partial charge < -0.3 is 25.4 Å². The third-order valence-corrected chi connectivity index (χ3v) is 8.44. The number of aromatic hydroxyl groups is 2. The Morgan fingerprint density at radius 3 is 2.69 bits per heavy atom. The van der Waals surface area contributed by atoms with Crippen LogP contribution in [0.4, 0.5) is 5.69 Å². The number of nitrogens with one attached hydrogen (secondary N) is 1. The molecule has 4 N–H and O–H groups in total. The Kier molecular flexibility index (Phi) is 4.31. The van der Waals surface area contributed by atoms with E-state index in [1.54, 1.807) is 6.08 Å². The molecule has 2 saturated carbocycles. The maximum atomic E-state index is 13.1. The second-order valence-corrected chi connectivity index (χ2v) is 10.3. The predicted molar refractivity (Wildman–Crippen MR) is 113 cm³/mol. The zero-order valence-electron chi connectivity index (χ0n) is 18.1. The lowest BCUT2D eigenvalue weighted by molar-refractivity contribution is -0.169. The number of ether oxygens (including phenoxy) is 1. The lowest BCUT2D eigenvalue weighted by Crippen LogP contribution is -2.56. The van der Waals surface area contributed by atoms with Gasteiger partial charge in [0.2, 0.25) is 5.91 Å². The van der Waals surface area contributed by atoms with Gasteiger partial charge in [-0.15, -0.1) is 0 Å². The fourth-order valence-corrected chi connectivity index (χ4v) is 7.09. The Morgan fingerprint density at radius 1 is 1.25 bits per heavy atom. The molecule has 170 valence electrons. The van der Waals surface area contributed by atoms with E-state index in [1.165, 1.54) is 0 Å². The van der Waals surface area contributed by atoms with Gasteiger partial charge in [-0.05, 0) is 62.1 Å². The number of carboxylic acid groups (broad SMARTS) is 1. The van der Waals surface area contributed by atoms with E-state index >= 15 is 0 Å². The molecular weight excluding hydrogens is 414 g/mol. The van der Waals surface area contributed by atoms with E-state index in [1.807, 2.05) is 6.92 Å². The summed E-state index contributed by atoms with van der Waals surface area (Å²) >= 11 is 0. The highest BCUT2D eigenvalue weighted by Gasteiger charge is 2.71. The molecule has 6 rings (SSSR count). The Bertz CT molecular complexity index is 1080. The van der Waals surface area contributed by atoms with Gasteiger partial charge in [-0.25, -0.2) is 4.79 Å².